The number of nitrogens with one attached hydrogen (secondary N) is 1. The van der Waals surface area contributed by atoms with Gasteiger partial charge in [-0.05, 0) is 30.5 Å². The Morgan fingerprint density at radius 3 is 2.69 bits per heavy atom. The summed E-state index contributed by atoms with van der Waals surface area (Å²) >= 11 is 1.43. The van der Waals surface area contributed by atoms with E-state index >= 15 is 0 Å². The monoisotopic (exact) mass is 450 g/mol. The summed E-state index contributed by atoms with van der Waals surface area (Å²) in [7, 11) is 0. The van der Waals surface area contributed by atoms with Crippen LogP contribution in [0.1, 0.15) is 37.7 Å². The molecule has 1 saturated carbocycles. The van der Waals surface area contributed by atoms with E-state index in [2.05, 4.69) is 20.1 Å². The number of amides is 1. The van der Waals surface area contributed by atoms with Crippen molar-refractivity contribution in [2.45, 2.75) is 49.8 Å². The van der Waals surface area contributed by atoms with Crippen LogP contribution in [-0.4, -0.2) is 39.3 Å². The Hall–Kier alpha value is -3.00. The van der Waals surface area contributed by atoms with E-state index in [1.165, 1.54) is 31.0 Å². The average molecular weight is 451 g/mol. The minimum atomic E-state index is 0.0563. The lowest BCUT2D eigenvalue weighted by atomic mass is 9.95. The normalized spacial score (nSPS) is 15.6. The van der Waals surface area contributed by atoms with Gasteiger partial charge in [0.2, 0.25) is 12.7 Å². The van der Waals surface area contributed by atoms with Crippen molar-refractivity contribution in [1.29, 1.82) is 0 Å². The molecular formula is C24H26N4O3S. The Bertz CT molecular complexity index is 1080. The van der Waals surface area contributed by atoms with Crippen molar-refractivity contribution in [1.82, 2.24) is 20.1 Å². The van der Waals surface area contributed by atoms with E-state index in [0.717, 1.165) is 46.4 Å². The molecule has 0 radical (unpaired) electrons. The van der Waals surface area contributed by atoms with Crippen LogP contribution in [0.2, 0.25) is 0 Å². The second-order valence-electron chi connectivity index (χ2n) is 8.14. The number of carbonyl (C=O) groups excluding carboxylic acids is 1. The van der Waals surface area contributed by atoms with Gasteiger partial charge in [-0.1, -0.05) is 67.4 Å². The Morgan fingerprint density at radius 1 is 1.03 bits per heavy atom. The summed E-state index contributed by atoms with van der Waals surface area (Å²) in [5.41, 5.74) is 2.04. The van der Waals surface area contributed by atoms with Crippen LogP contribution >= 0.6 is 11.8 Å². The first-order valence-corrected chi connectivity index (χ1v) is 12.0. The molecule has 0 spiro atoms. The number of hydrogen-bond acceptors (Lipinski definition) is 6. The van der Waals surface area contributed by atoms with Crippen LogP contribution in [0.25, 0.3) is 11.4 Å². The van der Waals surface area contributed by atoms with Gasteiger partial charge >= 0.3 is 0 Å². The third kappa shape index (κ3) is 4.75. The summed E-state index contributed by atoms with van der Waals surface area (Å²) in [5.74, 6) is 2.66. The number of benzene rings is 2. The lowest BCUT2D eigenvalue weighted by molar-refractivity contribution is -0.119. The van der Waals surface area contributed by atoms with E-state index in [-0.39, 0.29) is 12.7 Å². The smallest absolute Gasteiger partial charge is 0.231 e. The second-order valence-corrected chi connectivity index (χ2v) is 9.08. The highest BCUT2D eigenvalue weighted by Crippen LogP contribution is 2.33. The van der Waals surface area contributed by atoms with Gasteiger partial charge in [0.25, 0.3) is 0 Å². The van der Waals surface area contributed by atoms with Gasteiger partial charge in [-0.15, -0.1) is 10.2 Å². The van der Waals surface area contributed by atoms with E-state index in [0.29, 0.717) is 18.3 Å². The number of fused-ring (bicyclic) bond motifs is 1. The van der Waals surface area contributed by atoms with Gasteiger partial charge in [-0.2, -0.15) is 0 Å². The molecule has 8 heteroatoms. The Balaban J connectivity index is 1.35. The molecule has 2 aliphatic rings. The number of carbonyl (C=O) groups is 1. The Kier molecular flexibility index (Phi) is 6.29. The molecule has 1 aromatic heterocycles. The summed E-state index contributed by atoms with van der Waals surface area (Å²) in [6.45, 7) is 0.818. The summed E-state index contributed by atoms with van der Waals surface area (Å²) in [5, 5.41) is 12.8. The summed E-state index contributed by atoms with van der Waals surface area (Å²) in [4.78, 5) is 12.5. The maximum Gasteiger partial charge on any atom is 0.231 e. The zero-order valence-corrected chi connectivity index (χ0v) is 18.6. The molecule has 1 N–H and O–H groups in total. The predicted octanol–water partition coefficient (Wildman–Crippen LogP) is 4.26. The first kappa shape index (κ1) is 20.9. The van der Waals surface area contributed by atoms with Crippen molar-refractivity contribution < 1.29 is 14.3 Å². The third-order valence-corrected chi connectivity index (χ3v) is 6.80. The number of nitrogens with zero attached hydrogens (tertiary/aromatic N) is 3. The summed E-state index contributed by atoms with van der Waals surface area (Å²) in [6.07, 6.45) is 5.82. The Morgan fingerprint density at radius 2 is 1.84 bits per heavy atom. The van der Waals surface area contributed by atoms with E-state index in [1.54, 1.807) is 0 Å². The lowest BCUT2D eigenvalue weighted by Gasteiger charge is -2.22. The summed E-state index contributed by atoms with van der Waals surface area (Å²) < 4.78 is 13.0. The zero-order valence-electron chi connectivity index (χ0n) is 17.8. The van der Waals surface area contributed by atoms with Gasteiger partial charge in [-0.25, -0.2) is 0 Å². The van der Waals surface area contributed by atoms with Crippen LogP contribution in [0.15, 0.2) is 53.7 Å². The molecule has 2 aromatic carbocycles. The second kappa shape index (κ2) is 9.65. The highest BCUT2D eigenvalue weighted by Gasteiger charge is 2.20. The predicted molar refractivity (Wildman–Crippen MR) is 123 cm³/mol. The molecule has 1 fully saturated rings. The van der Waals surface area contributed by atoms with Crippen molar-refractivity contribution in [3.63, 3.8) is 0 Å². The molecule has 32 heavy (non-hydrogen) atoms. The van der Waals surface area contributed by atoms with Crippen molar-refractivity contribution in [2.75, 3.05) is 12.5 Å². The van der Waals surface area contributed by atoms with Crippen molar-refractivity contribution in [3.8, 4) is 22.9 Å². The molecule has 0 unspecified atom stereocenters. The van der Waals surface area contributed by atoms with Gasteiger partial charge < -0.3 is 14.8 Å². The lowest BCUT2D eigenvalue weighted by Crippen LogP contribution is -2.37. The van der Waals surface area contributed by atoms with Gasteiger partial charge in [0.1, 0.15) is 0 Å². The fourth-order valence-electron chi connectivity index (χ4n) is 4.21. The maximum absolute atomic E-state index is 12.5. The molecule has 7 nitrogen and oxygen atoms in total. The van der Waals surface area contributed by atoms with Gasteiger partial charge in [-0.3, -0.25) is 9.36 Å². The highest BCUT2D eigenvalue weighted by molar-refractivity contribution is 7.99. The van der Waals surface area contributed by atoms with E-state index < -0.39 is 0 Å². The highest BCUT2D eigenvalue weighted by atomic mass is 32.2. The van der Waals surface area contributed by atoms with Crippen molar-refractivity contribution in [2.24, 2.45) is 0 Å². The molecule has 0 bridgehead atoms. The molecule has 0 atom stereocenters. The van der Waals surface area contributed by atoms with E-state index in [4.69, 9.17) is 9.47 Å². The van der Waals surface area contributed by atoms with Crippen molar-refractivity contribution in [3.05, 3.63) is 54.1 Å². The number of hydrogen-bond donors (Lipinski definition) is 1. The quantitative estimate of drug-likeness (QED) is 0.542. The molecule has 2 heterocycles. The maximum atomic E-state index is 12.5. The minimum Gasteiger partial charge on any atom is -0.454 e. The molecule has 1 amide bonds. The van der Waals surface area contributed by atoms with Gasteiger partial charge in [0, 0.05) is 11.6 Å². The average Bonchev–Trinajstić information content (AvgIpc) is 3.45. The minimum absolute atomic E-state index is 0.0563. The fraction of sp³-hybridized carbons (Fsp3) is 0.375. The SMILES string of the molecule is O=C(CSc1nnc(-c2ccccc2)n1Cc1ccc2c(c1)OCO2)NC1CCCCC1. The third-order valence-electron chi connectivity index (χ3n) is 5.83. The van der Waals surface area contributed by atoms with Crippen molar-refractivity contribution >= 4 is 17.7 Å². The first-order chi connectivity index (χ1) is 15.8. The number of rotatable bonds is 7. The molecule has 1 aliphatic carbocycles. The van der Waals surface area contributed by atoms with Crippen LogP contribution < -0.4 is 14.8 Å². The summed E-state index contributed by atoms with van der Waals surface area (Å²) in [6, 6.07) is 16.2. The van der Waals surface area contributed by atoms with Gasteiger partial charge in [0.05, 0.1) is 12.3 Å². The van der Waals surface area contributed by atoms with Crippen LogP contribution in [-0.2, 0) is 11.3 Å². The van der Waals surface area contributed by atoms with Gasteiger partial charge in [0.15, 0.2) is 22.5 Å². The fourth-order valence-corrected chi connectivity index (χ4v) is 4.96. The Labute approximate surface area is 191 Å². The number of aromatic nitrogens is 3. The zero-order chi connectivity index (χ0) is 21.8. The van der Waals surface area contributed by atoms with E-state index in [1.807, 2.05) is 48.5 Å². The molecule has 166 valence electrons. The van der Waals surface area contributed by atoms with Crippen LogP contribution in [0.3, 0.4) is 0 Å². The topological polar surface area (TPSA) is 78.3 Å². The number of thioether (sulfide) groups is 1. The molecule has 3 aromatic rings. The molecule has 0 saturated heterocycles. The van der Waals surface area contributed by atoms with Crippen LogP contribution in [0.5, 0.6) is 11.5 Å². The molecule has 5 rings (SSSR count). The van der Waals surface area contributed by atoms with E-state index in [9.17, 15) is 4.79 Å². The standard InChI is InChI=1S/C24H26N4O3S/c29-22(25-19-9-5-2-6-10-19)15-32-24-27-26-23(18-7-3-1-4-8-18)28(24)14-17-11-12-20-21(13-17)31-16-30-20/h1,3-4,7-8,11-13,19H,2,5-6,9-10,14-16H2,(H,25,29). The number of ether oxygens (including phenoxy) is 2. The van der Waals surface area contributed by atoms with Crippen LogP contribution in [0.4, 0.5) is 0 Å². The molecular weight excluding hydrogens is 424 g/mol. The van der Waals surface area contributed by atoms with Crippen LogP contribution in [0, 0.1) is 0 Å². The molecule has 1 aliphatic heterocycles. The first-order valence-electron chi connectivity index (χ1n) is 11.1. The largest absolute Gasteiger partial charge is 0.454 e.